The second kappa shape index (κ2) is 15.6. The molecule has 0 N–H and O–H groups in total. The lowest BCUT2D eigenvalue weighted by Crippen LogP contribution is -2.28. The molecule has 0 saturated heterocycles. The number of hydrogen-bond donors (Lipinski definition) is 0. The van der Waals surface area contributed by atoms with Gasteiger partial charge in [-0.25, -0.2) is 0 Å². The second-order valence-corrected chi connectivity index (χ2v) is 20.6. The van der Waals surface area contributed by atoms with Crippen LogP contribution in [0.4, 0.5) is 17.1 Å². The van der Waals surface area contributed by atoms with E-state index in [9.17, 15) is 0 Å². The van der Waals surface area contributed by atoms with Crippen LogP contribution in [0.25, 0.3) is 75.5 Å². The summed E-state index contributed by atoms with van der Waals surface area (Å²) >= 11 is 1.89. The largest absolute Gasteiger partial charge is 0.310 e. The van der Waals surface area contributed by atoms with Gasteiger partial charge in [0.2, 0.25) is 0 Å². The summed E-state index contributed by atoms with van der Waals surface area (Å²) in [6.07, 6.45) is 0. The molecule has 0 fully saturated rings. The van der Waals surface area contributed by atoms with Gasteiger partial charge >= 0.3 is 0 Å². The van der Waals surface area contributed by atoms with E-state index < -0.39 is 5.41 Å². The summed E-state index contributed by atoms with van der Waals surface area (Å²) in [4.78, 5) is 2.53. The van der Waals surface area contributed by atoms with Crippen molar-refractivity contribution in [2.24, 2.45) is 0 Å². The molecule has 1 aromatic heterocycles. The van der Waals surface area contributed by atoms with Crippen molar-refractivity contribution in [3.8, 4) is 44.5 Å². The van der Waals surface area contributed by atoms with Crippen molar-refractivity contribution >= 4 is 59.3 Å². The van der Waals surface area contributed by atoms with E-state index in [-0.39, 0.29) is 5.41 Å². The first-order chi connectivity index (χ1) is 34.5. The van der Waals surface area contributed by atoms with Crippen LogP contribution in [0.5, 0.6) is 0 Å². The molecule has 1 heterocycles. The average molecular weight is 910 g/mol. The van der Waals surface area contributed by atoms with E-state index in [0.29, 0.717) is 0 Å². The number of fused-ring (bicyclic) bond motifs is 10. The Kier molecular flexibility index (Phi) is 9.09. The van der Waals surface area contributed by atoms with E-state index in [1.165, 1.54) is 109 Å². The maximum absolute atomic E-state index is 2.53. The Hall–Kier alpha value is -8.30. The lowest BCUT2D eigenvalue weighted by Gasteiger charge is -2.34. The number of hydrogen-bond acceptors (Lipinski definition) is 2. The maximum atomic E-state index is 2.53. The van der Waals surface area contributed by atoms with Crippen LogP contribution in [0.2, 0.25) is 0 Å². The van der Waals surface area contributed by atoms with Crippen molar-refractivity contribution < 1.29 is 0 Å². The van der Waals surface area contributed by atoms with Crippen molar-refractivity contribution in [3.05, 3.63) is 282 Å². The van der Waals surface area contributed by atoms with Crippen LogP contribution in [0.15, 0.2) is 249 Å². The first-order valence-electron chi connectivity index (χ1n) is 24.4. The summed E-state index contributed by atoms with van der Waals surface area (Å²) in [5.41, 5.74) is 20.6. The molecule has 0 saturated carbocycles. The molecule has 0 aliphatic heterocycles. The average Bonchev–Trinajstić information content (AvgIpc) is 4.03. The van der Waals surface area contributed by atoms with Gasteiger partial charge in [0, 0.05) is 42.5 Å². The molecule has 70 heavy (non-hydrogen) atoms. The molecule has 11 aromatic carbocycles. The van der Waals surface area contributed by atoms with Crippen molar-refractivity contribution in [3.63, 3.8) is 0 Å². The zero-order valence-corrected chi connectivity index (χ0v) is 39.8. The minimum atomic E-state index is -0.521. The molecule has 0 atom stereocenters. The Bertz CT molecular complexity index is 3990. The van der Waals surface area contributed by atoms with Gasteiger partial charge in [0.15, 0.2) is 0 Å². The Labute approximate surface area is 413 Å². The van der Waals surface area contributed by atoms with E-state index in [1.807, 2.05) is 11.3 Å². The van der Waals surface area contributed by atoms with Crippen LogP contribution >= 0.6 is 11.3 Å². The number of thiophene rings is 1. The lowest BCUT2D eigenvalue weighted by atomic mass is 9.68. The lowest BCUT2D eigenvalue weighted by molar-refractivity contribution is 0.660. The van der Waals surface area contributed by atoms with Gasteiger partial charge in [-0.3, -0.25) is 0 Å². The fourth-order valence-corrected chi connectivity index (χ4v) is 13.5. The smallest absolute Gasteiger partial charge is 0.0714 e. The molecule has 0 bridgehead atoms. The normalized spacial score (nSPS) is 13.8. The van der Waals surface area contributed by atoms with E-state index in [0.717, 1.165) is 17.1 Å². The van der Waals surface area contributed by atoms with E-state index >= 15 is 0 Å². The van der Waals surface area contributed by atoms with E-state index in [1.54, 1.807) is 0 Å². The molecule has 1 nitrogen and oxygen atoms in total. The molecular weight excluding hydrogens is 863 g/mol. The van der Waals surface area contributed by atoms with Gasteiger partial charge in [0.05, 0.1) is 11.1 Å². The summed E-state index contributed by atoms with van der Waals surface area (Å²) in [7, 11) is 0. The Morgan fingerprint density at radius 2 is 0.929 bits per heavy atom. The highest BCUT2D eigenvalue weighted by Crippen LogP contribution is 2.60. The van der Waals surface area contributed by atoms with Gasteiger partial charge < -0.3 is 4.90 Å². The molecule has 0 unspecified atom stereocenters. The third-order valence-electron chi connectivity index (χ3n) is 15.5. The fourth-order valence-electron chi connectivity index (χ4n) is 12.3. The van der Waals surface area contributed by atoms with Crippen LogP contribution in [0, 0.1) is 0 Å². The maximum Gasteiger partial charge on any atom is 0.0714 e. The third kappa shape index (κ3) is 5.97. The topological polar surface area (TPSA) is 3.24 Å². The zero-order chi connectivity index (χ0) is 46.6. The standard InChI is InChI=1S/C68H47NS/c1-67(2)61-42-48(47-32-31-44-17-9-10-18-46(44)41-47)35-39-54(61)55-40-38-52(43-62(55)67)69(51-36-33-45(34-37-51)53-25-15-26-57-56-23-12-14-30-64(56)70-66(53)57)63-29-16-28-60-65(63)58-24-11-13-27-59(58)68(60,49-19-5-3-6-20-49)50-21-7-4-8-22-50/h3-43H,1-2H3. The summed E-state index contributed by atoms with van der Waals surface area (Å²) in [6, 6.07) is 93.1. The fraction of sp³-hybridized carbons (Fsp3) is 0.0588. The molecule has 2 aliphatic rings. The summed E-state index contributed by atoms with van der Waals surface area (Å²) in [6.45, 7) is 4.81. The van der Waals surface area contributed by atoms with Crippen molar-refractivity contribution in [1.29, 1.82) is 0 Å². The highest BCUT2D eigenvalue weighted by molar-refractivity contribution is 7.26. The second-order valence-electron chi connectivity index (χ2n) is 19.6. The van der Waals surface area contributed by atoms with Crippen LogP contribution in [0.3, 0.4) is 0 Å². The summed E-state index contributed by atoms with van der Waals surface area (Å²) in [5.74, 6) is 0. The highest BCUT2D eigenvalue weighted by atomic mass is 32.1. The van der Waals surface area contributed by atoms with Gasteiger partial charge in [0.1, 0.15) is 0 Å². The summed E-state index contributed by atoms with van der Waals surface area (Å²) < 4.78 is 2.65. The molecule has 330 valence electrons. The Balaban J connectivity index is 0.965. The quantitative estimate of drug-likeness (QED) is 0.154. The first-order valence-corrected chi connectivity index (χ1v) is 25.2. The predicted octanol–water partition coefficient (Wildman–Crippen LogP) is 18.7. The van der Waals surface area contributed by atoms with Crippen molar-refractivity contribution in [2.45, 2.75) is 24.7 Å². The van der Waals surface area contributed by atoms with Gasteiger partial charge in [0.25, 0.3) is 0 Å². The zero-order valence-electron chi connectivity index (χ0n) is 39.0. The first kappa shape index (κ1) is 40.7. The van der Waals surface area contributed by atoms with Crippen molar-refractivity contribution in [1.82, 2.24) is 0 Å². The van der Waals surface area contributed by atoms with Gasteiger partial charge in [-0.1, -0.05) is 214 Å². The Morgan fingerprint density at radius 1 is 0.357 bits per heavy atom. The van der Waals surface area contributed by atoms with E-state index in [4.69, 9.17) is 0 Å². The summed E-state index contributed by atoms with van der Waals surface area (Å²) in [5, 5.41) is 5.16. The molecule has 0 amide bonds. The number of nitrogens with zero attached hydrogens (tertiary/aromatic N) is 1. The van der Waals surface area contributed by atoms with E-state index in [2.05, 4.69) is 267 Å². The van der Waals surface area contributed by atoms with Gasteiger partial charge in [-0.05, 0) is 132 Å². The highest BCUT2D eigenvalue weighted by Gasteiger charge is 2.47. The molecule has 2 aliphatic carbocycles. The molecule has 14 rings (SSSR count). The van der Waals surface area contributed by atoms with Crippen LogP contribution < -0.4 is 4.90 Å². The van der Waals surface area contributed by atoms with Crippen LogP contribution in [-0.2, 0) is 10.8 Å². The number of benzene rings is 11. The molecule has 0 radical (unpaired) electrons. The SMILES string of the molecule is CC1(C)c2cc(-c3ccc4ccccc4c3)ccc2-c2ccc(N(c3ccc(-c4cccc5c4sc4ccccc45)cc3)c3cccc4c3-c3ccccc3C4(c3ccccc3)c3ccccc3)cc21. The minimum absolute atomic E-state index is 0.243. The third-order valence-corrected chi connectivity index (χ3v) is 16.8. The predicted molar refractivity (Wildman–Crippen MR) is 297 cm³/mol. The monoisotopic (exact) mass is 909 g/mol. The Morgan fingerprint density at radius 3 is 1.73 bits per heavy atom. The van der Waals surface area contributed by atoms with Crippen LogP contribution in [-0.4, -0.2) is 0 Å². The molecular formula is C68H47NS. The van der Waals surface area contributed by atoms with Crippen molar-refractivity contribution in [2.75, 3.05) is 4.90 Å². The molecule has 0 spiro atoms. The van der Waals surface area contributed by atoms with Gasteiger partial charge in [-0.15, -0.1) is 11.3 Å². The molecule has 12 aromatic rings. The minimum Gasteiger partial charge on any atom is -0.310 e. The number of anilines is 3. The number of rotatable bonds is 7. The molecule has 2 heteroatoms. The van der Waals surface area contributed by atoms with Gasteiger partial charge in [-0.2, -0.15) is 0 Å². The van der Waals surface area contributed by atoms with Crippen LogP contribution in [0.1, 0.15) is 47.2 Å².